The van der Waals surface area contributed by atoms with Crippen molar-refractivity contribution in [3.63, 3.8) is 0 Å². The van der Waals surface area contributed by atoms with Crippen molar-refractivity contribution in [2.45, 2.75) is 50.6 Å². The molecule has 2 atom stereocenters. The molecule has 86 valence electrons. The van der Waals surface area contributed by atoms with E-state index in [0.717, 1.165) is 32.4 Å². The van der Waals surface area contributed by atoms with E-state index >= 15 is 0 Å². The lowest BCUT2D eigenvalue weighted by Crippen LogP contribution is -2.52. The average Bonchev–Trinajstić information content (AvgIpc) is 2.70. The molecule has 4 nitrogen and oxygen atoms in total. The minimum atomic E-state index is -0.869. The average molecular weight is 212 g/mol. The van der Waals surface area contributed by atoms with Gasteiger partial charge < -0.3 is 10.4 Å². The van der Waals surface area contributed by atoms with Crippen molar-refractivity contribution in [1.82, 2.24) is 10.2 Å². The van der Waals surface area contributed by atoms with Crippen LogP contribution in [0.5, 0.6) is 0 Å². The minimum Gasteiger partial charge on any atom is -0.465 e. The summed E-state index contributed by atoms with van der Waals surface area (Å²) in [6.45, 7) is 2.31. The molecule has 2 fully saturated rings. The lowest BCUT2D eigenvalue weighted by molar-refractivity contribution is 0.136. The number of amides is 1. The number of rotatable bonds is 2. The van der Waals surface area contributed by atoms with Crippen LogP contribution in [0.2, 0.25) is 0 Å². The van der Waals surface area contributed by atoms with E-state index in [1.165, 1.54) is 19.3 Å². The molecule has 0 bridgehead atoms. The summed E-state index contributed by atoms with van der Waals surface area (Å²) in [5.74, 6) is 0. The van der Waals surface area contributed by atoms with E-state index in [2.05, 4.69) is 10.2 Å². The predicted octanol–water partition coefficient (Wildman–Crippen LogP) is 1.66. The van der Waals surface area contributed by atoms with E-state index in [4.69, 9.17) is 5.11 Å². The molecule has 2 aliphatic rings. The third-order valence-corrected chi connectivity index (χ3v) is 3.65. The van der Waals surface area contributed by atoms with Gasteiger partial charge in [0.05, 0.1) is 0 Å². The number of nitrogens with zero attached hydrogens (tertiary/aromatic N) is 1. The van der Waals surface area contributed by atoms with Gasteiger partial charge in [-0.25, -0.2) is 4.79 Å². The predicted molar refractivity (Wildman–Crippen MR) is 58.0 cm³/mol. The topological polar surface area (TPSA) is 52.6 Å². The molecular formula is C11H20N2O2. The van der Waals surface area contributed by atoms with Crippen molar-refractivity contribution >= 4 is 6.09 Å². The quantitative estimate of drug-likeness (QED) is 0.732. The third-order valence-electron chi connectivity index (χ3n) is 3.65. The molecule has 0 aromatic heterocycles. The van der Waals surface area contributed by atoms with Gasteiger partial charge in [0.1, 0.15) is 0 Å². The monoisotopic (exact) mass is 212 g/mol. The fourth-order valence-electron chi connectivity index (χ4n) is 2.95. The third kappa shape index (κ3) is 2.62. The van der Waals surface area contributed by atoms with E-state index in [0.29, 0.717) is 6.04 Å². The van der Waals surface area contributed by atoms with Gasteiger partial charge in [0.25, 0.3) is 0 Å². The molecule has 2 rings (SSSR count). The Morgan fingerprint density at radius 2 is 1.80 bits per heavy atom. The fraction of sp³-hybridized carbons (Fsp3) is 0.909. The van der Waals surface area contributed by atoms with E-state index < -0.39 is 6.09 Å². The molecule has 0 radical (unpaired) electrons. The molecule has 1 amide bonds. The Bertz CT molecular complexity index is 227. The SMILES string of the molecule is O=C(O)N[C@@H]1CCCC[C@@H]1N1CCCC1. The van der Waals surface area contributed by atoms with Gasteiger partial charge in [-0.05, 0) is 38.8 Å². The second-order valence-electron chi connectivity index (χ2n) is 4.65. The van der Waals surface area contributed by atoms with Crippen molar-refractivity contribution in [3.05, 3.63) is 0 Å². The fourth-order valence-corrected chi connectivity index (χ4v) is 2.95. The van der Waals surface area contributed by atoms with Gasteiger partial charge in [0.2, 0.25) is 0 Å². The maximum atomic E-state index is 10.7. The zero-order valence-corrected chi connectivity index (χ0v) is 9.11. The molecule has 1 aliphatic carbocycles. The van der Waals surface area contributed by atoms with Crippen LogP contribution in [0.15, 0.2) is 0 Å². The summed E-state index contributed by atoms with van der Waals surface area (Å²) in [7, 11) is 0. The Morgan fingerprint density at radius 1 is 1.13 bits per heavy atom. The van der Waals surface area contributed by atoms with Gasteiger partial charge in [0.15, 0.2) is 0 Å². The summed E-state index contributed by atoms with van der Waals surface area (Å²) in [6.07, 6.45) is 6.25. The van der Waals surface area contributed by atoms with Gasteiger partial charge in [-0.2, -0.15) is 0 Å². The zero-order valence-electron chi connectivity index (χ0n) is 9.11. The molecule has 1 aliphatic heterocycles. The van der Waals surface area contributed by atoms with Crippen molar-refractivity contribution in [1.29, 1.82) is 0 Å². The highest BCUT2D eigenvalue weighted by Gasteiger charge is 2.32. The number of carboxylic acid groups (broad SMARTS) is 1. The van der Waals surface area contributed by atoms with E-state index in [-0.39, 0.29) is 6.04 Å². The molecular weight excluding hydrogens is 192 g/mol. The first-order valence-electron chi connectivity index (χ1n) is 6.01. The van der Waals surface area contributed by atoms with Crippen LogP contribution in [0.4, 0.5) is 4.79 Å². The van der Waals surface area contributed by atoms with Crippen LogP contribution in [0, 0.1) is 0 Å². The smallest absolute Gasteiger partial charge is 0.404 e. The van der Waals surface area contributed by atoms with Gasteiger partial charge in [-0.3, -0.25) is 4.90 Å². The maximum Gasteiger partial charge on any atom is 0.404 e. The van der Waals surface area contributed by atoms with E-state index in [1.807, 2.05) is 0 Å². The highest BCUT2D eigenvalue weighted by Crippen LogP contribution is 2.26. The van der Waals surface area contributed by atoms with Crippen LogP contribution < -0.4 is 5.32 Å². The highest BCUT2D eigenvalue weighted by atomic mass is 16.4. The van der Waals surface area contributed by atoms with Crippen LogP contribution in [0.1, 0.15) is 38.5 Å². The first-order valence-corrected chi connectivity index (χ1v) is 6.01. The Morgan fingerprint density at radius 3 is 2.47 bits per heavy atom. The summed E-state index contributed by atoms with van der Waals surface area (Å²) >= 11 is 0. The summed E-state index contributed by atoms with van der Waals surface area (Å²) in [5, 5.41) is 11.5. The lowest BCUT2D eigenvalue weighted by atomic mass is 9.89. The van der Waals surface area contributed by atoms with Crippen LogP contribution in [-0.4, -0.2) is 41.3 Å². The zero-order chi connectivity index (χ0) is 10.7. The van der Waals surface area contributed by atoms with Crippen molar-refractivity contribution in [2.75, 3.05) is 13.1 Å². The summed E-state index contributed by atoms with van der Waals surface area (Å²) in [4.78, 5) is 13.2. The van der Waals surface area contributed by atoms with Crippen LogP contribution in [0.25, 0.3) is 0 Å². The minimum absolute atomic E-state index is 0.161. The van der Waals surface area contributed by atoms with Crippen molar-refractivity contribution < 1.29 is 9.90 Å². The summed E-state index contributed by atoms with van der Waals surface area (Å²) in [6, 6.07) is 0.617. The van der Waals surface area contributed by atoms with Gasteiger partial charge in [0, 0.05) is 12.1 Å². The Kier molecular flexibility index (Phi) is 3.46. The first-order chi connectivity index (χ1) is 7.27. The molecule has 0 aromatic rings. The van der Waals surface area contributed by atoms with E-state index in [1.54, 1.807) is 0 Å². The molecule has 0 spiro atoms. The molecule has 0 unspecified atom stereocenters. The molecule has 1 heterocycles. The standard InChI is InChI=1S/C11H20N2O2/c14-11(15)12-9-5-1-2-6-10(9)13-7-3-4-8-13/h9-10,12H,1-8H2,(H,14,15)/t9-,10+/m1/s1. The normalized spacial score (nSPS) is 32.8. The molecule has 1 saturated heterocycles. The Labute approximate surface area is 90.6 Å². The number of likely N-dealkylation sites (tertiary alicyclic amines) is 1. The Hall–Kier alpha value is -0.770. The summed E-state index contributed by atoms with van der Waals surface area (Å²) in [5.41, 5.74) is 0. The largest absolute Gasteiger partial charge is 0.465 e. The highest BCUT2D eigenvalue weighted by molar-refractivity contribution is 5.65. The van der Waals surface area contributed by atoms with Crippen LogP contribution in [0.3, 0.4) is 0 Å². The van der Waals surface area contributed by atoms with Gasteiger partial charge in [-0.1, -0.05) is 12.8 Å². The van der Waals surface area contributed by atoms with Crippen molar-refractivity contribution in [3.8, 4) is 0 Å². The Balaban J connectivity index is 1.95. The van der Waals surface area contributed by atoms with Gasteiger partial charge in [-0.15, -0.1) is 0 Å². The second-order valence-corrected chi connectivity index (χ2v) is 4.65. The van der Waals surface area contributed by atoms with Crippen molar-refractivity contribution in [2.24, 2.45) is 0 Å². The molecule has 0 aromatic carbocycles. The molecule has 15 heavy (non-hydrogen) atoms. The number of hydrogen-bond donors (Lipinski definition) is 2. The summed E-state index contributed by atoms with van der Waals surface area (Å²) < 4.78 is 0. The maximum absolute atomic E-state index is 10.7. The van der Waals surface area contributed by atoms with Gasteiger partial charge >= 0.3 is 6.09 Å². The van der Waals surface area contributed by atoms with Crippen LogP contribution in [-0.2, 0) is 0 Å². The first kappa shape index (κ1) is 10.7. The number of hydrogen-bond acceptors (Lipinski definition) is 2. The number of nitrogens with one attached hydrogen (secondary N) is 1. The molecule has 2 N–H and O–H groups in total. The molecule has 1 saturated carbocycles. The van der Waals surface area contributed by atoms with E-state index in [9.17, 15) is 4.79 Å². The molecule has 4 heteroatoms. The second kappa shape index (κ2) is 4.84. The lowest BCUT2D eigenvalue weighted by Gasteiger charge is -2.37. The number of carbonyl (C=O) groups is 1. The van der Waals surface area contributed by atoms with Crippen LogP contribution >= 0.6 is 0 Å².